The maximum atomic E-state index is 13.4. The summed E-state index contributed by atoms with van der Waals surface area (Å²) >= 11 is 0. The molecule has 0 saturated heterocycles. The molecule has 0 unspecified atom stereocenters. The number of amides is 1. The lowest BCUT2D eigenvalue weighted by molar-refractivity contribution is 0.0939. The number of anilines is 1. The number of pyridine rings is 1. The van der Waals surface area contributed by atoms with E-state index in [-0.39, 0.29) is 11.9 Å². The van der Waals surface area contributed by atoms with Crippen LogP contribution in [0.5, 0.6) is 0 Å². The molecule has 3 aliphatic rings. The molecule has 6 heteroatoms. The topological polar surface area (TPSA) is 71.8 Å². The van der Waals surface area contributed by atoms with Crippen LogP contribution in [-0.4, -0.2) is 32.8 Å². The fourth-order valence-corrected chi connectivity index (χ4v) is 6.12. The quantitative estimate of drug-likeness (QED) is 0.662. The summed E-state index contributed by atoms with van der Waals surface area (Å²) in [5.41, 5.74) is 5.08. The first kappa shape index (κ1) is 18.8. The number of benzene rings is 1. The van der Waals surface area contributed by atoms with Crippen molar-refractivity contribution in [1.82, 2.24) is 20.1 Å². The highest BCUT2D eigenvalue weighted by Crippen LogP contribution is 2.46. The molecule has 2 saturated carbocycles. The normalized spacial score (nSPS) is 24.6. The number of carbonyl (C=O) groups excluding carboxylic acids is 1. The van der Waals surface area contributed by atoms with E-state index in [1.54, 1.807) is 6.20 Å². The van der Waals surface area contributed by atoms with Crippen molar-refractivity contribution in [2.24, 2.45) is 11.8 Å². The number of rotatable bonds is 5. The standard InChI is InChI=1S/C25H29N5O/c1-2-30-24-20(14-27-30)23(29-22-10-15-7-8-18(22)9-15)21(13-26-24)25(31)28-19-11-16-5-3-4-6-17(16)12-19/h3-6,13-15,18-19,22H,2,7-12H2,1H3,(H,26,29)(H,28,31)/t15-,18-,22+/m1/s1. The fourth-order valence-electron chi connectivity index (χ4n) is 6.12. The van der Waals surface area contributed by atoms with Gasteiger partial charge in [-0.25, -0.2) is 9.67 Å². The van der Waals surface area contributed by atoms with E-state index in [0.29, 0.717) is 11.6 Å². The summed E-state index contributed by atoms with van der Waals surface area (Å²) in [7, 11) is 0. The second-order valence-electron chi connectivity index (χ2n) is 9.52. The molecule has 0 radical (unpaired) electrons. The Balaban J connectivity index is 1.31. The second kappa shape index (κ2) is 7.36. The van der Waals surface area contributed by atoms with Gasteiger partial charge in [-0.1, -0.05) is 30.7 Å². The largest absolute Gasteiger partial charge is 0.381 e. The molecule has 3 aliphatic carbocycles. The molecule has 0 aliphatic heterocycles. The lowest BCUT2D eigenvalue weighted by atomic mass is 9.94. The van der Waals surface area contributed by atoms with Gasteiger partial charge in [0, 0.05) is 24.8 Å². The Hall–Kier alpha value is -2.89. The maximum absolute atomic E-state index is 13.4. The summed E-state index contributed by atoms with van der Waals surface area (Å²) in [6, 6.07) is 9.05. The molecule has 2 aromatic heterocycles. The molecule has 3 aromatic rings. The van der Waals surface area contributed by atoms with Gasteiger partial charge in [0.25, 0.3) is 5.91 Å². The van der Waals surface area contributed by atoms with E-state index in [1.807, 2.05) is 10.9 Å². The third-order valence-electron chi connectivity index (χ3n) is 7.66. The summed E-state index contributed by atoms with van der Waals surface area (Å²) in [5.74, 6) is 1.52. The minimum absolute atomic E-state index is 0.0397. The van der Waals surface area contributed by atoms with Crippen LogP contribution < -0.4 is 10.6 Å². The van der Waals surface area contributed by atoms with Crippen LogP contribution in [0.25, 0.3) is 11.0 Å². The van der Waals surface area contributed by atoms with Crippen LogP contribution in [-0.2, 0) is 19.4 Å². The van der Waals surface area contributed by atoms with Crippen LogP contribution in [0.1, 0.15) is 54.1 Å². The van der Waals surface area contributed by atoms with Crippen LogP contribution in [0.3, 0.4) is 0 Å². The number of fused-ring (bicyclic) bond motifs is 4. The molecule has 1 amide bonds. The van der Waals surface area contributed by atoms with Gasteiger partial charge in [0.05, 0.1) is 22.8 Å². The lowest BCUT2D eigenvalue weighted by Gasteiger charge is -2.26. The smallest absolute Gasteiger partial charge is 0.255 e. The molecule has 0 spiro atoms. The first-order chi connectivity index (χ1) is 15.2. The summed E-state index contributed by atoms with van der Waals surface area (Å²) in [5, 5.41) is 12.5. The molecule has 2 N–H and O–H groups in total. The van der Waals surface area contributed by atoms with E-state index in [2.05, 4.69) is 51.9 Å². The second-order valence-corrected chi connectivity index (χ2v) is 9.52. The van der Waals surface area contributed by atoms with Crippen LogP contribution in [0, 0.1) is 11.8 Å². The Kier molecular flexibility index (Phi) is 4.47. The molecular weight excluding hydrogens is 386 g/mol. The highest BCUT2D eigenvalue weighted by molar-refractivity contribution is 6.06. The number of nitrogens with one attached hydrogen (secondary N) is 2. The van der Waals surface area contributed by atoms with E-state index >= 15 is 0 Å². The van der Waals surface area contributed by atoms with Crippen molar-refractivity contribution in [2.75, 3.05) is 5.32 Å². The Morgan fingerprint density at radius 3 is 2.61 bits per heavy atom. The van der Waals surface area contributed by atoms with Gasteiger partial charge >= 0.3 is 0 Å². The Labute approximate surface area is 182 Å². The first-order valence-corrected chi connectivity index (χ1v) is 11.7. The monoisotopic (exact) mass is 415 g/mol. The lowest BCUT2D eigenvalue weighted by Crippen LogP contribution is -2.36. The van der Waals surface area contributed by atoms with Gasteiger partial charge in [-0.3, -0.25) is 4.79 Å². The molecule has 6 rings (SSSR count). The summed E-state index contributed by atoms with van der Waals surface area (Å²) in [4.78, 5) is 18.0. The van der Waals surface area contributed by atoms with Gasteiger partial charge in [0.15, 0.2) is 5.65 Å². The van der Waals surface area contributed by atoms with Crippen LogP contribution in [0.4, 0.5) is 5.69 Å². The van der Waals surface area contributed by atoms with Crippen molar-refractivity contribution in [3.05, 3.63) is 53.3 Å². The molecule has 2 bridgehead atoms. The van der Waals surface area contributed by atoms with Crippen LogP contribution in [0.15, 0.2) is 36.7 Å². The number of aryl methyl sites for hydroxylation is 1. The van der Waals surface area contributed by atoms with Gasteiger partial charge in [-0.2, -0.15) is 5.10 Å². The Morgan fingerprint density at radius 2 is 1.94 bits per heavy atom. The van der Waals surface area contributed by atoms with E-state index in [1.165, 1.54) is 36.8 Å². The maximum Gasteiger partial charge on any atom is 0.255 e. The van der Waals surface area contributed by atoms with Gasteiger partial charge in [0.1, 0.15) is 0 Å². The van der Waals surface area contributed by atoms with Crippen molar-refractivity contribution >= 4 is 22.6 Å². The van der Waals surface area contributed by atoms with Crippen LogP contribution >= 0.6 is 0 Å². The molecule has 2 heterocycles. The van der Waals surface area contributed by atoms with Crippen LogP contribution in [0.2, 0.25) is 0 Å². The third-order valence-corrected chi connectivity index (χ3v) is 7.66. The molecule has 31 heavy (non-hydrogen) atoms. The number of hydrogen-bond donors (Lipinski definition) is 2. The number of hydrogen-bond acceptors (Lipinski definition) is 4. The average molecular weight is 416 g/mol. The van der Waals surface area contributed by atoms with E-state index in [4.69, 9.17) is 0 Å². The van der Waals surface area contributed by atoms with E-state index in [0.717, 1.165) is 47.9 Å². The van der Waals surface area contributed by atoms with Crippen molar-refractivity contribution in [3.8, 4) is 0 Å². The highest BCUT2D eigenvalue weighted by atomic mass is 16.1. The van der Waals surface area contributed by atoms with Gasteiger partial charge in [-0.05, 0) is 62.0 Å². The average Bonchev–Trinajstić information content (AvgIpc) is 3.56. The molecule has 1 aromatic carbocycles. The molecule has 3 atom stereocenters. The summed E-state index contributed by atoms with van der Waals surface area (Å²) in [6.45, 7) is 2.82. The number of nitrogens with zero attached hydrogens (tertiary/aromatic N) is 3. The zero-order chi connectivity index (χ0) is 20.9. The first-order valence-electron chi connectivity index (χ1n) is 11.7. The third kappa shape index (κ3) is 3.20. The zero-order valence-corrected chi connectivity index (χ0v) is 18.0. The number of aromatic nitrogens is 3. The molecule has 6 nitrogen and oxygen atoms in total. The van der Waals surface area contributed by atoms with E-state index in [9.17, 15) is 4.79 Å². The Morgan fingerprint density at radius 1 is 1.13 bits per heavy atom. The minimum atomic E-state index is -0.0397. The molecule has 160 valence electrons. The van der Waals surface area contributed by atoms with Gasteiger partial charge in [0.2, 0.25) is 0 Å². The zero-order valence-electron chi connectivity index (χ0n) is 18.0. The predicted octanol–water partition coefficient (Wildman–Crippen LogP) is 3.95. The summed E-state index contributed by atoms with van der Waals surface area (Å²) < 4.78 is 1.90. The van der Waals surface area contributed by atoms with E-state index < -0.39 is 0 Å². The highest BCUT2D eigenvalue weighted by Gasteiger charge is 2.40. The minimum Gasteiger partial charge on any atom is -0.381 e. The fraction of sp³-hybridized carbons (Fsp3) is 0.480. The van der Waals surface area contributed by atoms with Crippen molar-refractivity contribution in [1.29, 1.82) is 0 Å². The summed E-state index contributed by atoms with van der Waals surface area (Å²) in [6.07, 6.45) is 10.6. The SMILES string of the molecule is CCn1ncc2c(N[C@H]3C[C@@H]4CC[C@@H]3C4)c(C(=O)NC3Cc4ccccc4C3)cnc21. The van der Waals surface area contributed by atoms with Gasteiger partial charge < -0.3 is 10.6 Å². The molecule has 2 fully saturated rings. The van der Waals surface area contributed by atoms with Crippen molar-refractivity contribution < 1.29 is 4.79 Å². The Bertz CT molecular complexity index is 1130. The van der Waals surface area contributed by atoms with Crippen molar-refractivity contribution in [2.45, 2.75) is 64.1 Å². The molecular formula is C25H29N5O. The number of carbonyl (C=O) groups is 1. The predicted molar refractivity (Wildman–Crippen MR) is 121 cm³/mol. The van der Waals surface area contributed by atoms with Gasteiger partial charge in [-0.15, -0.1) is 0 Å². The van der Waals surface area contributed by atoms with Crippen molar-refractivity contribution in [3.63, 3.8) is 0 Å².